The van der Waals surface area contributed by atoms with Gasteiger partial charge in [-0.3, -0.25) is 0 Å². The van der Waals surface area contributed by atoms with Gasteiger partial charge in [-0.25, -0.2) is 0 Å². The van der Waals surface area contributed by atoms with Gasteiger partial charge in [0.05, 0.1) is 6.10 Å². The Bertz CT molecular complexity index is 749. The summed E-state index contributed by atoms with van der Waals surface area (Å²) in [6.45, 7) is 2.17. The van der Waals surface area contributed by atoms with Crippen molar-refractivity contribution in [2.24, 2.45) is 5.92 Å². The van der Waals surface area contributed by atoms with Gasteiger partial charge in [-0.1, -0.05) is 53.5 Å². The van der Waals surface area contributed by atoms with E-state index in [0.717, 1.165) is 49.4 Å². The number of rotatable bonds is 5. The first-order valence-electron chi connectivity index (χ1n) is 9.27. The van der Waals surface area contributed by atoms with Gasteiger partial charge in [0.2, 0.25) is 0 Å². The van der Waals surface area contributed by atoms with Crippen molar-refractivity contribution in [1.82, 2.24) is 0 Å². The van der Waals surface area contributed by atoms with Crippen LogP contribution in [0.2, 0.25) is 0 Å². The van der Waals surface area contributed by atoms with E-state index in [1.807, 2.05) is 6.07 Å². The molecule has 0 spiro atoms. The van der Waals surface area contributed by atoms with Crippen LogP contribution in [0.5, 0.6) is 5.75 Å². The van der Waals surface area contributed by atoms with Crippen molar-refractivity contribution in [2.45, 2.75) is 57.7 Å². The summed E-state index contributed by atoms with van der Waals surface area (Å²) >= 11 is 3.37. The fourth-order valence-corrected chi connectivity index (χ4v) is 4.31. The molecule has 0 unspecified atom stereocenters. The minimum atomic E-state index is -4.44. The van der Waals surface area contributed by atoms with E-state index in [9.17, 15) is 13.2 Å². The predicted octanol–water partition coefficient (Wildman–Crippen LogP) is 7.14. The highest BCUT2D eigenvalue weighted by Gasteiger charge is 2.37. The number of fused-ring (bicyclic) bond motifs is 1. The van der Waals surface area contributed by atoms with E-state index in [0.29, 0.717) is 11.3 Å². The van der Waals surface area contributed by atoms with Gasteiger partial charge in [0.15, 0.2) is 0 Å². The molecule has 0 aliphatic heterocycles. The number of benzene rings is 2. The lowest BCUT2D eigenvalue weighted by atomic mass is 9.86. The molecule has 0 saturated heterocycles. The molecule has 1 saturated carbocycles. The topological polar surface area (TPSA) is 9.23 Å². The smallest absolute Gasteiger partial charge is 0.420 e. The molecule has 0 amide bonds. The van der Waals surface area contributed by atoms with E-state index >= 15 is 0 Å². The monoisotopic (exact) mass is 428 g/mol. The van der Waals surface area contributed by atoms with Crippen LogP contribution in [0.25, 0.3) is 10.8 Å². The van der Waals surface area contributed by atoms with E-state index in [2.05, 4.69) is 22.9 Å². The molecule has 3 rings (SSSR count). The Morgan fingerprint density at radius 2 is 1.81 bits per heavy atom. The summed E-state index contributed by atoms with van der Waals surface area (Å²) in [5.41, 5.74) is 0.382. The van der Waals surface area contributed by atoms with Crippen LogP contribution in [0.4, 0.5) is 13.2 Å². The van der Waals surface area contributed by atoms with E-state index in [1.54, 1.807) is 18.2 Å². The molecular weight excluding hydrogens is 405 g/mol. The van der Waals surface area contributed by atoms with Gasteiger partial charge in [-0.15, -0.1) is 0 Å². The molecule has 0 N–H and O–H groups in total. The van der Waals surface area contributed by atoms with Crippen molar-refractivity contribution >= 4 is 26.7 Å². The molecular formula is C21H24BrF3O. The van der Waals surface area contributed by atoms with Gasteiger partial charge >= 0.3 is 6.18 Å². The third-order valence-electron chi connectivity index (χ3n) is 5.38. The number of alkyl halides is 4. The maximum atomic E-state index is 13.8. The standard InChI is InChI=1S/C21H24BrF3O/c1-2-14-3-7-17(8-4-14)26-19-10-6-16-13-15(11-12-22)5-9-18(16)20(19)21(23,24)25/h5-6,9-10,13-14,17H,2-4,7-8,11-12H2,1H3/t14-,17+. The summed E-state index contributed by atoms with van der Waals surface area (Å²) in [6.07, 6.45) is 1.09. The van der Waals surface area contributed by atoms with Gasteiger partial charge in [0, 0.05) is 5.33 Å². The van der Waals surface area contributed by atoms with Crippen molar-refractivity contribution in [2.75, 3.05) is 5.33 Å². The minimum absolute atomic E-state index is 0.0295. The second-order valence-corrected chi connectivity index (χ2v) is 7.89. The number of halogens is 4. The Morgan fingerprint density at radius 1 is 1.08 bits per heavy atom. The second-order valence-electron chi connectivity index (χ2n) is 7.10. The van der Waals surface area contributed by atoms with E-state index in [-0.39, 0.29) is 17.2 Å². The highest BCUT2D eigenvalue weighted by atomic mass is 79.9. The highest BCUT2D eigenvalue weighted by molar-refractivity contribution is 9.09. The quantitative estimate of drug-likeness (QED) is 0.459. The number of aryl methyl sites for hydroxylation is 1. The van der Waals surface area contributed by atoms with Crippen molar-refractivity contribution < 1.29 is 17.9 Å². The van der Waals surface area contributed by atoms with Gasteiger partial charge in [-0.2, -0.15) is 13.2 Å². The molecule has 0 radical (unpaired) electrons. The van der Waals surface area contributed by atoms with Crippen molar-refractivity contribution in [3.05, 3.63) is 41.5 Å². The fourth-order valence-electron chi connectivity index (χ4n) is 3.85. The third kappa shape index (κ3) is 4.36. The summed E-state index contributed by atoms with van der Waals surface area (Å²) in [7, 11) is 0. The van der Waals surface area contributed by atoms with Gasteiger partial charge in [0.1, 0.15) is 11.3 Å². The zero-order valence-electron chi connectivity index (χ0n) is 14.9. The molecule has 1 aliphatic carbocycles. The van der Waals surface area contributed by atoms with Crippen LogP contribution in [-0.4, -0.2) is 11.4 Å². The first-order valence-corrected chi connectivity index (χ1v) is 10.4. The Balaban J connectivity index is 1.93. The van der Waals surface area contributed by atoms with Gasteiger partial charge < -0.3 is 4.74 Å². The molecule has 26 heavy (non-hydrogen) atoms. The van der Waals surface area contributed by atoms with Crippen LogP contribution >= 0.6 is 15.9 Å². The first kappa shape index (κ1) is 19.5. The van der Waals surface area contributed by atoms with Gasteiger partial charge in [0.25, 0.3) is 0 Å². The maximum absolute atomic E-state index is 13.8. The largest absolute Gasteiger partial charge is 0.490 e. The SMILES string of the molecule is CC[C@H]1CC[C@@H](Oc2ccc3cc(CCBr)ccc3c2C(F)(F)F)CC1. The van der Waals surface area contributed by atoms with Crippen LogP contribution in [0.1, 0.15) is 50.2 Å². The Labute approximate surface area is 161 Å². The zero-order chi connectivity index (χ0) is 18.7. The molecule has 0 atom stereocenters. The van der Waals surface area contributed by atoms with Crippen LogP contribution in [0.3, 0.4) is 0 Å². The fraction of sp³-hybridized carbons (Fsp3) is 0.524. The molecule has 0 bridgehead atoms. The Kier molecular flexibility index (Phi) is 6.16. The summed E-state index contributed by atoms with van der Waals surface area (Å²) < 4.78 is 47.3. The average Bonchev–Trinajstić information content (AvgIpc) is 2.61. The van der Waals surface area contributed by atoms with E-state index < -0.39 is 11.7 Å². The van der Waals surface area contributed by atoms with Crippen molar-refractivity contribution in [1.29, 1.82) is 0 Å². The second kappa shape index (κ2) is 8.20. The molecule has 0 heterocycles. The summed E-state index contributed by atoms with van der Waals surface area (Å²) in [5, 5.41) is 1.61. The molecule has 1 nitrogen and oxygen atoms in total. The lowest BCUT2D eigenvalue weighted by molar-refractivity contribution is -0.138. The maximum Gasteiger partial charge on any atom is 0.420 e. The normalized spacial score (nSPS) is 21.1. The summed E-state index contributed by atoms with van der Waals surface area (Å²) in [5.74, 6) is 0.652. The zero-order valence-corrected chi connectivity index (χ0v) is 16.5. The number of hydrogen-bond acceptors (Lipinski definition) is 1. The van der Waals surface area contributed by atoms with Crippen LogP contribution in [0, 0.1) is 5.92 Å². The molecule has 0 aromatic heterocycles. The lowest BCUT2D eigenvalue weighted by Crippen LogP contribution is -2.25. The molecule has 142 valence electrons. The summed E-state index contributed by atoms with van der Waals surface area (Å²) in [6, 6.07) is 8.43. The highest BCUT2D eigenvalue weighted by Crippen LogP contribution is 2.42. The molecule has 5 heteroatoms. The molecule has 1 fully saturated rings. The number of hydrogen-bond donors (Lipinski definition) is 0. The first-order chi connectivity index (χ1) is 12.4. The van der Waals surface area contributed by atoms with Crippen molar-refractivity contribution in [3.63, 3.8) is 0 Å². The average molecular weight is 429 g/mol. The molecule has 1 aliphatic rings. The van der Waals surface area contributed by atoms with Crippen molar-refractivity contribution in [3.8, 4) is 5.75 Å². The van der Waals surface area contributed by atoms with E-state index in [1.165, 1.54) is 6.07 Å². The third-order valence-corrected chi connectivity index (χ3v) is 5.77. The summed E-state index contributed by atoms with van der Waals surface area (Å²) in [4.78, 5) is 0. The molecule has 2 aromatic rings. The van der Waals surface area contributed by atoms with Crippen LogP contribution < -0.4 is 4.74 Å². The minimum Gasteiger partial charge on any atom is -0.490 e. The van der Waals surface area contributed by atoms with E-state index in [4.69, 9.17) is 4.74 Å². The Morgan fingerprint density at radius 3 is 2.42 bits per heavy atom. The molecule has 2 aromatic carbocycles. The lowest BCUT2D eigenvalue weighted by Gasteiger charge is -2.29. The van der Waals surface area contributed by atoms with Gasteiger partial charge in [-0.05, 0) is 60.4 Å². The Hall–Kier alpha value is -1.23. The van der Waals surface area contributed by atoms with Crippen LogP contribution in [0.15, 0.2) is 30.3 Å². The predicted molar refractivity (Wildman–Crippen MR) is 103 cm³/mol. The number of ether oxygens (including phenoxy) is 1. The van der Waals surface area contributed by atoms with Crippen LogP contribution in [-0.2, 0) is 12.6 Å².